The third-order valence-electron chi connectivity index (χ3n) is 3.58. The third-order valence-corrected chi connectivity index (χ3v) is 3.58. The van der Waals surface area contributed by atoms with Crippen molar-refractivity contribution in [3.63, 3.8) is 0 Å². The van der Waals surface area contributed by atoms with Crippen molar-refractivity contribution in [3.05, 3.63) is 44.9 Å². The lowest BCUT2D eigenvalue weighted by Crippen LogP contribution is -2.48. The van der Waals surface area contributed by atoms with Crippen LogP contribution in [0.2, 0.25) is 0 Å². The molecule has 0 spiro atoms. The zero-order valence-corrected chi connectivity index (χ0v) is 12.3. The SMILES string of the molecule is O=c1cc(N2CCN(c3nccc(C(F)(F)F)n3)CC2)[nH]c(=O)[nH]1. The number of halogens is 3. The van der Waals surface area contributed by atoms with Gasteiger partial charge in [-0.1, -0.05) is 0 Å². The first kappa shape index (κ1) is 16.0. The number of nitrogens with one attached hydrogen (secondary N) is 2. The van der Waals surface area contributed by atoms with E-state index in [0.717, 1.165) is 12.3 Å². The molecule has 0 unspecified atom stereocenters. The van der Waals surface area contributed by atoms with Crippen LogP contribution >= 0.6 is 0 Å². The van der Waals surface area contributed by atoms with Gasteiger partial charge in [0.2, 0.25) is 5.95 Å². The fraction of sp³-hybridized carbons (Fsp3) is 0.385. The molecule has 1 saturated heterocycles. The first-order chi connectivity index (χ1) is 11.3. The standard InChI is InChI=1S/C13H13F3N6O2/c14-13(15,16)8-1-2-17-11(18-8)22-5-3-21(4-6-22)9-7-10(23)20-12(24)19-9/h1-2,7H,3-6H2,(H2,19,20,23,24). The van der Waals surface area contributed by atoms with Gasteiger partial charge in [0.1, 0.15) is 11.5 Å². The van der Waals surface area contributed by atoms with E-state index in [1.54, 1.807) is 9.80 Å². The van der Waals surface area contributed by atoms with E-state index in [-0.39, 0.29) is 5.95 Å². The lowest BCUT2D eigenvalue weighted by molar-refractivity contribution is -0.141. The van der Waals surface area contributed by atoms with Gasteiger partial charge in [0.05, 0.1) is 0 Å². The minimum Gasteiger partial charge on any atom is -0.354 e. The van der Waals surface area contributed by atoms with Gasteiger partial charge in [0.15, 0.2) is 0 Å². The van der Waals surface area contributed by atoms with Crippen LogP contribution in [0.1, 0.15) is 5.69 Å². The van der Waals surface area contributed by atoms with Crippen molar-refractivity contribution >= 4 is 11.8 Å². The van der Waals surface area contributed by atoms with E-state index in [4.69, 9.17) is 0 Å². The molecular formula is C13H13F3N6O2. The van der Waals surface area contributed by atoms with Crippen molar-refractivity contribution in [2.75, 3.05) is 36.0 Å². The zero-order valence-electron chi connectivity index (χ0n) is 12.3. The summed E-state index contributed by atoms with van der Waals surface area (Å²) in [5.74, 6) is 0.372. The predicted octanol–water partition coefficient (Wildman–Crippen LogP) is 0.199. The van der Waals surface area contributed by atoms with Crippen molar-refractivity contribution in [3.8, 4) is 0 Å². The quantitative estimate of drug-likeness (QED) is 0.809. The molecule has 2 N–H and O–H groups in total. The van der Waals surface area contributed by atoms with Gasteiger partial charge in [-0.2, -0.15) is 13.2 Å². The maximum atomic E-state index is 12.7. The second kappa shape index (κ2) is 5.98. The number of aromatic nitrogens is 4. The fourth-order valence-electron chi connectivity index (χ4n) is 2.43. The van der Waals surface area contributed by atoms with Crippen molar-refractivity contribution in [2.45, 2.75) is 6.18 Å². The fourth-order valence-corrected chi connectivity index (χ4v) is 2.43. The van der Waals surface area contributed by atoms with Gasteiger partial charge in [-0.3, -0.25) is 14.8 Å². The Hall–Kier alpha value is -2.85. The monoisotopic (exact) mass is 342 g/mol. The van der Waals surface area contributed by atoms with Crippen LogP contribution in [0.15, 0.2) is 27.9 Å². The number of aromatic amines is 2. The van der Waals surface area contributed by atoms with E-state index in [0.29, 0.717) is 32.0 Å². The summed E-state index contributed by atoms with van der Waals surface area (Å²) in [6, 6.07) is 2.08. The summed E-state index contributed by atoms with van der Waals surface area (Å²) in [4.78, 5) is 38.0. The van der Waals surface area contributed by atoms with Crippen molar-refractivity contribution < 1.29 is 13.2 Å². The molecule has 2 aromatic heterocycles. The molecule has 11 heteroatoms. The van der Waals surface area contributed by atoms with Crippen LogP contribution < -0.4 is 21.0 Å². The van der Waals surface area contributed by atoms with Crippen LogP contribution in [-0.2, 0) is 6.18 Å². The molecular weight excluding hydrogens is 329 g/mol. The summed E-state index contributed by atoms with van der Waals surface area (Å²) in [7, 11) is 0. The van der Waals surface area contributed by atoms with Gasteiger partial charge >= 0.3 is 11.9 Å². The van der Waals surface area contributed by atoms with Crippen LogP contribution in [-0.4, -0.2) is 46.1 Å². The van der Waals surface area contributed by atoms with Gasteiger partial charge in [0, 0.05) is 38.4 Å². The molecule has 0 aromatic carbocycles. The Morgan fingerprint density at radius 1 is 1.04 bits per heavy atom. The predicted molar refractivity (Wildman–Crippen MR) is 79.1 cm³/mol. The number of hydrogen-bond acceptors (Lipinski definition) is 6. The van der Waals surface area contributed by atoms with Crippen LogP contribution in [0.5, 0.6) is 0 Å². The number of piperazine rings is 1. The van der Waals surface area contributed by atoms with E-state index in [2.05, 4.69) is 19.9 Å². The smallest absolute Gasteiger partial charge is 0.354 e. The Kier molecular flexibility index (Phi) is 3.99. The molecule has 0 aliphatic carbocycles. The zero-order chi connectivity index (χ0) is 17.3. The molecule has 3 rings (SSSR count). The molecule has 1 aliphatic heterocycles. The average Bonchev–Trinajstić information content (AvgIpc) is 2.53. The van der Waals surface area contributed by atoms with E-state index in [1.807, 2.05) is 0 Å². The van der Waals surface area contributed by atoms with Crippen molar-refractivity contribution in [1.29, 1.82) is 0 Å². The topological polar surface area (TPSA) is 98.0 Å². The summed E-state index contributed by atoms with van der Waals surface area (Å²) >= 11 is 0. The van der Waals surface area contributed by atoms with Gasteiger partial charge < -0.3 is 9.80 Å². The number of hydrogen-bond donors (Lipinski definition) is 2. The Morgan fingerprint density at radius 2 is 1.71 bits per heavy atom. The number of H-pyrrole nitrogens is 2. The van der Waals surface area contributed by atoms with E-state index in [9.17, 15) is 22.8 Å². The Balaban J connectivity index is 1.73. The normalized spacial score (nSPS) is 15.6. The maximum absolute atomic E-state index is 12.7. The maximum Gasteiger partial charge on any atom is 0.433 e. The van der Waals surface area contributed by atoms with Crippen LogP contribution in [0.4, 0.5) is 24.9 Å². The van der Waals surface area contributed by atoms with Gasteiger partial charge in [-0.05, 0) is 6.07 Å². The second-order valence-electron chi connectivity index (χ2n) is 5.19. The number of rotatable bonds is 2. The van der Waals surface area contributed by atoms with Crippen LogP contribution in [0.3, 0.4) is 0 Å². The molecule has 0 amide bonds. The highest BCUT2D eigenvalue weighted by molar-refractivity contribution is 5.41. The minimum absolute atomic E-state index is 0.00359. The Labute approximate surface area is 133 Å². The molecule has 3 heterocycles. The first-order valence-electron chi connectivity index (χ1n) is 7.07. The van der Waals surface area contributed by atoms with E-state index >= 15 is 0 Å². The molecule has 128 valence electrons. The van der Waals surface area contributed by atoms with Crippen molar-refractivity contribution in [2.24, 2.45) is 0 Å². The van der Waals surface area contributed by atoms with E-state index in [1.165, 1.54) is 6.07 Å². The highest BCUT2D eigenvalue weighted by Gasteiger charge is 2.33. The largest absolute Gasteiger partial charge is 0.433 e. The molecule has 2 aromatic rings. The lowest BCUT2D eigenvalue weighted by atomic mass is 10.3. The number of anilines is 2. The molecule has 0 saturated carbocycles. The lowest BCUT2D eigenvalue weighted by Gasteiger charge is -2.35. The average molecular weight is 342 g/mol. The van der Waals surface area contributed by atoms with Gasteiger partial charge in [-0.15, -0.1) is 0 Å². The molecule has 0 atom stereocenters. The molecule has 8 nitrogen and oxygen atoms in total. The summed E-state index contributed by atoms with van der Waals surface area (Å²) < 4.78 is 38.1. The third kappa shape index (κ3) is 3.39. The van der Waals surface area contributed by atoms with Gasteiger partial charge in [0.25, 0.3) is 5.56 Å². The highest BCUT2D eigenvalue weighted by atomic mass is 19.4. The summed E-state index contributed by atoms with van der Waals surface area (Å²) in [5, 5.41) is 0. The highest BCUT2D eigenvalue weighted by Crippen LogP contribution is 2.28. The number of nitrogens with zero attached hydrogens (tertiary/aromatic N) is 4. The molecule has 0 radical (unpaired) electrons. The molecule has 1 fully saturated rings. The molecule has 1 aliphatic rings. The summed E-state index contributed by atoms with van der Waals surface area (Å²) in [5.41, 5.74) is -2.12. The second-order valence-corrected chi connectivity index (χ2v) is 5.19. The van der Waals surface area contributed by atoms with E-state index < -0.39 is 23.1 Å². The molecule has 24 heavy (non-hydrogen) atoms. The molecule has 0 bridgehead atoms. The number of alkyl halides is 3. The van der Waals surface area contributed by atoms with Crippen LogP contribution in [0.25, 0.3) is 0 Å². The van der Waals surface area contributed by atoms with Crippen molar-refractivity contribution in [1.82, 2.24) is 19.9 Å². The summed E-state index contributed by atoms with van der Waals surface area (Å²) in [6.07, 6.45) is -3.45. The van der Waals surface area contributed by atoms with Gasteiger partial charge in [-0.25, -0.2) is 14.8 Å². The first-order valence-corrected chi connectivity index (χ1v) is 7.07. The minimum atomic E-state index is -4.52. The summed E-state index contributed by atoms with van der Waals surface area (Å²) in [6.45, 7) is 1.52. The van der Waals surface area contributed by atoms with Crippen LogP contribution in [0, 0.1) is 0 Å². The Morgan fingerprint density at radius 3 is 2.33 bits per heavy atom. The Bertz CT molecular complexity index is 810.